The molecule has 4 heteroatoms. The van der Waals surface area contributed by atoms with Gasteiger partial charge in [0.1, 0.15) is 17.3 Å². The number of rotatable bonds is 7. The standard InChI is InChI=1S/C24H26O4/c1-3-17(14-16-10-12-19(25)13-11-16)22-15-21(26)23(24(27)28-22)20(4-2)18-8-6-5-7-9-18/h5-13,15,17,20,25-26H,3-4,14H2,1-2H3. The molecule has 2 atom stereocenters. The summed E-state index contributed by atoms with van der Waals surface area (Å²) >= 11 is 0. The van der Waals surface area contributed by atoms with E-state index in [1.807, 2.05) is 56.3 Å². The lowest BCUT2D eigenvalue weighted by Gasteiger charge is -2.19. The van der Waals surface area contributed by atoms with Gasteiger partial charge in [0.25, 0.3) is 0 Å². The zero-order valence-electron chi connectivity index (χ0n) is 16.3. The minimum Gasteiger partial charge on any atom is -0.508 e. The average molecular weight is 378 g/mol. The van der Waals surface area contributed by atoms with Gasteiger partial charge in [-0.05, 0) is 42.5 Å². The van der Waals surface area contributed by atoms with Crippen LogP contribution in [0.25, 0.3) is 0 Å². The lowest BCUT2D eigenvalue weighted by Crippen LogP contribution is -2.16. The Labute approximate surface area is 165 Å². The smallest absolute Gasteiger partial charge is 0.343 e. The first-order valence-electron chi connectivity index (χ1n) is 9.73. The van der Waals surface area contributed by atoms with Crippen molar-refractivity contribution in [2.45, 2.75) is 44.9 Å². The van der Waals surface area contributed by atoms with Gasteiger partial charge in [0.05, 0.1) is 5.56 Å². The third-order valence-electron chi connectivity index (χ3n) is 5.26. The minimum absolute atomic E-state index is 0.00823. The molecule has 2 N–H and O–H groups in total. The number of phenolic OH excluding ortho intramolecular Hbond substituents is 1. The van der Waals surface area contributed by atoms with Crippen molar-refractivity contribution in [3.8, 4) is 11.5 Å². The molecule has 0 aliphatic heterocycles. The lowest BCUT2D eigenvalue weighted by molar-refractivity contribution is 0.381. The molecule has 28 heavy (non-hydrogen) atoms. The van der Waals surface area contributed by atoms with Crippen LogP contribution < -0.4 is 5.63 Å². The third kappa shape index (κ3) is 4.28. The Kier molecular flexibility index (Phi) is 6.19. The molecule has 0 bridgehead atoms. The fourth-order valence-electron chi connectivity index (χ4n) is 3.69. The largest absolute Gasteiger partial charge is 0.508 e. The Morgan fingerprint density at radius 3 is 2.18 bits per heavy atom. The van der Waals surface area contributed by atoms with Crippen LogP contribution in [0.5, 0.6) is 11.5 Å². The van der Waals surface area contributed by atoms with Crippen LogP contribution in [0, 0.1) is 0 Å². The maximum absolute atomic E-state index is 12.8. The van der Waals surface area contributed by atoms with Crippen LogP contribution in [0.4, 0.5) is 0 Å². The highest BCUT2D eigenvalue weighted by Gasteiger charge is 2.24. The molecule has 0 aliphatic carbocycles. The van der Waals surface area contributed by atoms with Crippen molar-refractivity contribution in [1.82, 2.24) is 0 Å². The van der Waals surface area contributed by atoms with Crippen molar-refractivity contribution < 1.29 is 14.6 Å². The molecule has 0 fully saturated rings. The number of aromatic hydroxyl groups is 2. The van der Waals surface area contributed by atoms with E-state index in [-0.39, 0.29) is 23.3 Å². The molecule has 0 amide bonds. The maximum Gasteiger partial charge on any atom is 0.343 e. The van der Waals surface area contributed by atoms with E-state index in [0.29, 0.717) is 24.2 Å². The van der Waals surface area contributed by atoms with Gasteiger partial charge in [0.15, 0.2) is 0 Å². The summed E-state index contributed by atoms with van der Waals surface area (Å²) in [7, 11) is 0. The summed E-state index contributed by atoms with van der Waals surface area (Å²) in [5.74, 6) is 0.463. The number of hydrogen-bond donors (Lipinski definition) is 2. The molecule has 146 valence electrons. The number of benzene rings is 2. The molecule has 0 radical (unpaired) electrons. The molecule has 4 nitrogen and oxygen atoms in total. The van der Waals surface area contributed by atoms with E-state index in [0.717, 1.165) is 17.5 Å². The van der Waals surface area contributed by atoms with Crippen molar-refractivity contribution in [3.63, 3.8) is 0 Å². The van der Waals surface area contributed by atoms with Gasteiger partial charge in [0, 0.05) is 17.9 Å². The Morgan fingerprint density at radius 2 is 1.61 bits per heavy atom. The van der Waals surface area contributed by atoms with Crippen molar-refractivity contribution in [1.29, 1.82) is 0 Å². The quantitative estimate of drug-likeness (QED) is 0.583. The predicted octanol–water partition coefficient (Wildman–Crippen LogP) is 5.33. The second-order valence-electron chi connectivity index (χ2n) is 7.08. The van der Waals surface area contributed by atoms with Gasteiger partial charge in [-0.3, -0.25) is 0 Å². The fourth-order valence-corrected chi connectivity index (χ4v) is 3.69. The van der Waals surface area contributed by atoms with Gasteiger partial charge in [-0.1, -0.05) is 56.3 Å². The Morgan fingerprint density at radius 1 is 0.929 bits per heavy atom. The van der Waals surface area contributed by atoms with E-state index in [1.54, 1.807) is 18.2 Å². The molecular weight excluding hydrogens is 352 g/mol. The van der Waals surface area contributed by atoms with Crippen LogP contribution >= 0.6 is 0 Å². The van der Waals surface area contributed by atoms with Crippen LogP contribution in [0.2, 0.25) is 0 Å². The predicted molar refractivity (Wildman–Crippen MR) is 110 cm³/mol. The first-order chi connectivity index (χ1) is 13.5. The highest BCUT2D eigenvalue weighted by molar-refractivity contribution is 5.40. The highest BCUT2D eigenvalue weighted by Crippen LogP contribution is 2.34. The molecule has 2 aromatic carbocycles. The van der Waals surface area contributed by atoms with Gasteiger partial charge >= 0.3 is 5.63 Å². The third-order valence-corrected chi connectivity index (χ3v) is 5.26. The average Bonchev–Trinajstić information content (AvgIpc) is 2.70. The van der Waals surface area contributed by atoms with Crippen molar-refractivity contribution >= 4 is 0 Å². The molecule has 0 saturated carbocycles. The molecular formula is C24H26O4. The molecule has 3 aromatic rings. The molecule has 0 saturated heterocycles. The number of hydrogen-bond acceptors (Lipinski definition) is 4. The van der Waals surface area contributed by atoms with E-state index in [4.69, 9.17) is 4.42 Å². The lowest BCUT2D eigenvalue weighted by atomic mass is 9.88. The van der Waals surface area contributed by atoms with Crippen molar-refractivity contribution in [2.24, 2.45) is 0 Å². The monoisotopic (exact) mass is 378 g/mol. The van der Waals surface area contributed by atoms with Crippen LogP contribution in [0.1, 0.15) is 61.0 Å². The second-order valence-corrected chi connectivity index (χ2v) is 7.08. The molecule has 0 spiro atoms. The maximum atomic E-state index is 12.8. The SMILES string of the molecule is CCC(Cc1ccc(O)cc1)c1cc(O)c(C(CC)c2ccccc2)c(=O)o1. The highest BCUT2D eigenvalue weighted by atomic mass is 16.4. The number of phenols is 1. The van der Waals surface area contributed by atoms with Crippen LogP contribution in [-0.2, 0) is 6.42 Å². The van der Waals surface area contributed by atoms with E-state index < -0.39 is 5.63 Å². The fraction of sp³-hybridized carbons (Fsp3) is 0.292. The summed E-state index contributed by atoms with van der Waals surface area (Å²) < 4.78 is 5.68. The van der Waals surface area contributed by atoms with Gasteiger partial charge in [-0.15, -0.1) is 0 Å². The Balaban J connectivity index is 1.93. The van der Waals surface area contributed by atoms with E-state index in [2.05, 4.69) is 0 Å². The van der Waals surface area contributed by atoms with Crippen LogP contribution in [-0.4, -0.2) is 10.2 Å². The molecule has 0 aliphatic rings. The Bertz CT molecular complexity index is 958. The summed E-state index contributed by atoms with van der Waals surface area (Å²) in [6.07, 6.45) is 2.11. The summed E-state index contributed by atoms with van der Waals surface area (Å²) in [5, 5.41) is 20.1. The van der Waals surface area contributed by atoms with Gasteiger partial charge in [-0.2, -0.15) is 0 Å². The topological polar surface area (TPSA) is 70.7 Å². The summed E-state index contributed by atoms with van der Waals surface area (Å²) in [4.78, 5) is 12.8. The first-order valence-corrected chi connectivity index (χ1v) is 9.73. The molecule has 2 unspecified atom stereocenters. The van der Waals surface area contributed by atoms with Crippen LogP contribution in [0.15, 0.2) is 69.9 Å². The van der Waals surface area contributed by atoms with E-state index in [1.165, 1.54) is 0 Å². The summed E-state index contributed by atoms with van der Waals surface area (Å²) in [6.45, 7) is 4.01. The zero-order valence-corrected chi connectivity index (χ0v) is 16.3. The van der Waals surface area contributed by atoms with Crippen LogP contribution in [0.3, 0.4) is 0 Å². The van der Waals surface area contributed by atoms with Crippen molar-refractivity contribution in [3.05, 3.63) is 93.5 Å². The van der Waals surface area contributed by atoms with Gasteiger partial charge < -0.3 is 14.6 Å². The van der Waals surface area contributed by atoms with E-state index in [9.17, 15) is 15.0 Å². The normalized spacial score (nSPS) is 13.2. The first kappa shape index (κ1) is 19.7. The van der Waals surface area contributed by atoms with Crippen molar-refractivity contribution in [2.75, 3.05) is 0 Å². The zero-order chi connectivity index (χ0) is 20.1. The molecule has 3 rings (SSSR count). The summed E-state index contributed by atoms with van der Waals surface area (Å²) in [6, 6.07) is 18.3. The second kappa shape index (κ2) is 8.79. The van der Waals surface area contributed by atoms with Gasteiger partial charge in [0.2, 0.25) is 0 Å². The molecule has 1 aromatic heterocycles. The Hall–Kier alpha value is -3.01. The summed E-state index contributed by atoms with van der Waals surface area (Å²) in [5.41, 5.74) is 1.86. The van der Waals surface area contributed by atoms with Gasteiger partial charge in [-0.25, -0.2) is 4.79 Å². The molecule has 1 heterocycles. The van der Waals surface area contributed by atoms with E-state index >= 15 is 0 Å². The minimum atomic E-state index is -0.477.